The minimum atomic E-state index is -0.924. The Labute approximate surface area is 159 Å². The SMILES string of the molecule is CC(C)CN1C(=O)[C@@]2(CC(=O)N(C)[C@@H]2c2ccccc2)c2cc(N)ccc21. The van der Waals surface area contributed by atoms with Crippen LogP contribution in [0.5, 0.6) is 0 Å². The number of amides is 2. The van der Waals surface area contributed by atoms with Gasteiger partial charge in [0.2, 0.25) is 11.8 Å². The van der Waals surface area contributed by atoms with E-state index in [1.807, 2.05) is 53.4 Å². The number of fused-ring (bicyclic) bond motifs is 2. The van der Waals surface area contributed by atoms with Crippen LogP contribution in [-0.2, 0) is 15.0 Å². The van der Waals surface area contributed by atoms with E-state index in [-0.39, 0.29) is 24.3 Å². The van der Waals surface area contributed by atoms with Crippen molar-refractivity contribution in [1.29, 1.82) is 0 Å². The van der Waals surface area contributed by atoms with Crippen LogP contribution in [0.25, 0.3) is 0 Å². The molecule has 2 atom stereocenters. The lowest BCUT2D eigenvalue weighted by molar-refractivity contribution is -0.128. The van der Waals surface area contributed by atoms with Gasteiger partial charge in [-0.05, 0) is 35.2 Å². The predicted octanol–water partition coefficient (Wildman–Crippen LogP) is 3.11. The highest BCUT2D eigenvalue weighted by atomic mass is 16.2. The maximum atomic E-state index is 13.8. The molecular formula is C22H25N3O2. The first-order valence-corrected chi connectivity index (χ1v) is 9.39. The van der Waals surface area contributed by atoms with Crippen LogP contribution in [0.3, 0.4) is 0 Å². The Bertz CT molecular complexity index is 909. The molecule has 5 heteroatoms. The summed E-state index contributed by atoms with van der Waals surface area (Å²) in [4.78, 5) is 30.2. The molecule has 0 saturated carbocycles. The molecule has 0 unspecified atom stereocenters. The van der Waals surface area contributed by atoms with Gasteiger partial charge < -0.3 is 15.5 Å². The zero-order valence-electron chi connectivity index (χ0n) is 16.0. The Hall–Kier alpha value is -2.82. The minimum absolute atomic E-state index is 0.00310. The maximum absolute atomic E-state index is 13.8. The summed E-state index contributed by atoms with van der Waals surface area (Å²) in [5, 5.41) is 0. The number of nitrogens with two attached hydrogens (primary N) is 1. The number of nitrogens with zero attached hydrogens (tertiary/aromatic N) is 2. The summed E-state index contributed by atoms with van der Waals surface area (Å²) in [6, 6.07) is 15.1. The average Bonchev–Trinajstić information content (AvgIpc) is 3.02. The molecule has 140 valence electrons. The van der Waals surface area contributed by atoms with E-state index in [1.54, 1.807) is 11.9 Å². The third-order valence-corrected chi connectivity index (χ3v) is 5.76. The van der Waals surface area contributed by atoms with E-state index in [9.17, 15) is 9.59 Å². The van der Waals surface area contributed by atoms with Crippen LogP contribution in [0.1, 0.15) is 37.4 Å². The van der Waals surface area contributed by atoms with Crippen LogP contribution in [0.2, 0.25) is 0 Å². The summed E-state index contributed by atoms with van der Waals surface area (Å²) in [7, 11) is 1.79. The third kappa shape index (κ3) is 2.45. The first-order chi connectivity index (χ1) is 12.9. The number of likely N-dealkylation sites (tertiary alicyclic amines) is 1. The molecule has 4 rings (SSSR count). The van der Waals surface area contributed by atoms with Gasteiger partial charge in [0.1, 0.15) is 5.41 Å². The lowest BCUT2D eigenvalue weighted by atomic mass is 9.72. The van der Waals surface area contributed by atoms with Crippen molar-refractivity contribution in [3.63, 3.8) is 0 Å². The van der Waals surface area contributed by atoms with Crippen LogP contribution in [0, 0.1) is 5.92 Å². The highest BCUT2D eigenvalue weighted by molar-refractivity contribution is 6.12. The van der Waals surface area contributed by atoms with Crippen LogP contribution >= 0.6 is 0 Å². The molecule has 1 spiro atoms. The van der Waals surface area contributed by atoms with E-state index in [4.69, 9.17) is 5.73 Å². The second-order valence-electron chi connectivity index (χ2n) is 8.05. The largest absolute Gasteiger partial charge is 0.399 e. The molecular weight excluding hydrogens is 338 g/mol. The first kappa shape index (κ1) is 17.6. The molecule has 0 aliphatic carbocycles. The third-order valence-electron chi connectivity index (χ3n) is 5.76. The van der Waals surface area contributed by atoms with Crippen LogP contribution in [0.4, 0.5) is 11.4 Å². The summed E-state index contributed by atoms with van der Waals surface area (Å²) in [6.07, 6.45) is 0.174. The molecule has 5 nitrogen and oxygen atoms in total. The molecule has 0 bridgehead atoms. The van der Waals surface area contributed by atoms with Crippen LogP contribution in [0.15, 0.2) is 48.5 Å². The number of anilines is 2. The molecule has 0 radical (unpaired) electrons. The van der Waals surface area contributed by atoms with Crippen LogP contribution in [-0.4, -0.2) is 30.3 Å². The molecule has 2 amide bonds. The number of carbonyl (C=O) groups is 2. The lowest BCUT2D eigenvalue weighted by Crippen LogP contribution is -2.45. The number of hydrogen-bond acceptors (Lipinski definition) is 3. The highest BCUT2D eigenvalue weighted by Gasteiger charge is 2.62. The zero-order valence-corrected chi connectivity index (χ0v) is 16.0. The first-order valence-electron chi connectivity index (χ1n) is 9.39. The van der Waals surface area contributed by atoms with Gasteiger partial charge >= 0.3 is 0 Å². The monoisotopic (exact) mass is 363 g/mol. The minimum Gasteiger partial charge on any atom is -0.399 e. The number of benzene rings is 2. The number of rotatable bonds is 3. The summed E-state index contributed by atoms with van der Waals surface area (Å²) in [6.45, 7) is 4.81. The smallest absolute Gasteiger partial charge is 0.240 e. The zero-order chi connectivity index (χ0) is 19.3. The Morgan fingerprint density at radius 2 is 1.85 bits per heavy atom. The molecule has 2 aromatic carbocycles. The maximum Gasteiger partial charge on any atom is 0.240 e. The van der Waals surface area contributed by atoms with Crippen molar-refractivity contribution in [2.24, 2.45) is 5.92 Å². The highest BCUT2D eigenvalue weighted by Crippen LogP contribution is 2.56. The summed E-state index contributed by atoms with van der Waals surface area (Å²) in [5.41, 5.74) is 8.51. The quantitative estimate of drug-likeness (QED) is 0.852. The van der Waals surface area contributed by atoms with E-state index in [1.165, 1.54) is 0 Å². The predicted molar refractivity (Wildman–Crippen MR) is 106 cm³/mol. The van der Waals surface area contributed by atoms with Crippen molar-refractivity contribution in [3.05, 3.63) is 59.7 Å². The standard InChI is InChI=1S/C22H25N3O2/c1-14(2)13-25-18-10-9-16(23)11-17(18)22(21(25)27)12-19(26)24(3)20(22)15-7-5-4-6-8-15/h4-11,14,20H,12-13,23H2,1-3H3/t20-,22+/m1/s1. The molecule has 0 aromatic heterocycles. The Morgan fingerprint density at radius 3 is 2.52 bits per heavy atom. The topological polar surface area (TPSA) is 66.6 Å². The fourth-order valence-corrected chi connectivity index (χ4v) is 4.67. The van der Waals surface area contributed by atoms with Gasteiger partial charge in [0.25, 0.3) is 0 Å². The summed E-state index contributed by atoms with van der Waals surface area (Å²) in [5.74, 6) is 0.305. The van der Waals surface area contributed by atoms with E-state index >= 15 is 0 Å². The van der Waals surface area contributed by atoms with Crippen molar-refractivity contribution in [3.8, 4) is 0 Å². The van der Waals surface area contributed by atoms with Gasteiger partial charge in [0.15, 0.2) is 0 Å². The Balaban J connectivity index is 1.96. The molecule has 2 aliphatic heterocycles. The van der Waals surface area contributed by atoms with Crippen molar-refractivity contribution >= 4 is 23.2 Å². The van der Waals surface area contributed by atoms with E-state index in [0.29, 0.717) is 18.2 Å². The van der Waals surface area contributed by atoms with Gasteiger partial charge in [-0.15, -0.1) is 0 Å². The van der Waals surface area contributed by atoms with Crippen molar-refractivity contribution in [2.75, 3.05) is 24.2 Å². The Kier molecular flexibility index (Phi) is 3.98. The molecule has 2 N–H and O–H groups in total. The summed E-state index contributed by atoms with van der Waals surface area (Å²) < 4.78 is 0. The molecule has 1 fully saturated rings. The van der Waals surface area contributed by atoms with Crippen molar-refractivity contribution < 1.29 is 9.59 Å². The number of hydrogen-bond donors (Lipinski definition) is 1. The van der Waals surface area contributed by atoms with E-state index < -0.39 is 5.41 Å². The molecule has 27 heavy (non-hydrogen) atoms. The molecule has 2 aliphatic rings. The molecule has 2 heterocycles. The van der Waals surface area contributed by atoms with Gasteiger partial charge in [-0.1, -0.05) is 44.2 Å². The number of carbonyl (C=O) groups excluding carboxylic acids is 2. The number of likely N-dealkylation sites (N-methyl/N-ethyl adjacent to an activating group) is 1. The van der Waals surface area contributed by atoms with E-state index in [0.717, 1.165) is 16.8 Å². The number of nitrogen functional groups attached to an aromatic ring is 1. The van der Waals surface area contributed by atoms with Gasteiger partial charge in [-0.2, -0.15) is 0 Å². The second kappa shape index (κ2) is 6.12. The average molecular weight is 363 g/mol. The molecule has 1 saturated heterocycles. The fraction of sp³-hybridized carbons (Fsp3) is 0.364. The summed E-state index contributed by atoms with van der Waals surface area (Å²) >= 11 is 0. The second-order valence-corrected chi connectivity index (χ2v) is 8.05. The van der Waals surface area contributed by atoms with Crippen molar-refractivity contribution in [2.45, 2.75) is 31.7 Å². The van der Waals surface area contributed by atoms with Gasteiger partial charge in [0, 0.05) is 31.4 Å². The Morgan fingerprint density at radius 1 is 1.15 bits per heavy atom. The normalized spacial score (nSPS) is 24.4. The lowest BCUT2D eigenvalue weighted by Gasteiger charge is -2.33. The van der Waals surface area contributed by atoms with Gasteiger partial charge in [-0.3, -0.25) is 9.59 Å². The van der Waals surface area contributed by atoms with Crippen molar-refractivity contribution in [1.82, 2.24) is 4.90 Å². The van der Waals surface area contributed by atoms with Gasteiger partial charge in [0.05, 0.1) is 6.04 Å². The van der Waals surface area contributed by atoms with Crippen LogP contribution < -0.4 is 10.6 Å². The fourth-order valence-electron chi connectivity index (χ4n) is 4.67. The van der Waals surface area contributed by atoms with Gasteiger partial charge in [-0.25, -0.2) is 0 Å². The molecule has 2 aromatic rings. The van der Waals surface area contributed by atoms with E-state index in [2.05, 4.69) is 13.8 Å².